The molecule has 9 aromatic rings. The average molecular weight is 1430 g/mol. The van der Waals surface area contributed by atoms with E-state index in [4.69, 9.17) is 0 Å². The zero-order valence-corrected chi connectivity index (χ0v) is 73.2. The van der Waals surface area contributed by atoms with Gasteiger partial charge in [-0.25, -0.2) is 0 Å². The lowest BCUT2D eigenvalue weighted by molar-refractivity contribution is 1.03. The molecule has 0 aliphatic rings. The van der Waals surface area contributed by atoms with Gasteiger partial charge in [-0.1, -0.05) is 169 Å². The first-order valence-electron chi connectivity index (χ1n) is 37.3. The molecule has 0 unspecified atom stereocenters. The van der Waals surface area contributed by atoms with Crippen LogP contribution in [0.2, 0.25) is 0 Å². The third-order valence-corrected chi connectivity index (χ3v) is 17.0. The molecule has 0 spiro atoms. The number of pyridine rings is 6. The first kappa shape index (κ1) is 100. The minimum Gasteiger partial charge on any atom is -0.258 e. The highest BCUT2D eigenvalue weighted by atomic mass is 14.7. The fraction of sp³-hybridized carbons (Fsp3) is 0.360. The van der Waals surface area contributed by atoms with Gasteiger partial charge >= 0.3 is 0 Å². The van der Waals surface area contributed by atoms with Crippen LogP contribution in [0.1, 0.15) is 238 Å². The Morgan fingerprint density at radius 2 is 0.415 bits per heavy atom. The summed E-state index contributed by atoms with van der Waals surface area (Å²) >= 11 is 0. The number of benzene rings is 3. The van der Waals surface area contributed by atoms with E-state index in [1.54, 1.807) is 0 Å². The van der Waals surface area contributed by atoms with Crippen LogP contribution < -0.4 is 0 Å². The van der Waals surface area contributed by atoms with Crippen molar-refractivity contribution in [1.82, 2.24) is 29.9 Å². The Hall–Kier alpha value is -9.70. The topological polar surface area (TPSA) is 77.3 Å². The van der Waals surface area contributed by atoms with Crippen LogP contribution in [-0.4, -0.2) is 29.9 Å². The first-order chi connectivity index (χ1) is 49.9. The fourth-order valence-corrected chi connectivity index (χ4v) is 9.70. The first-order valence-corrected chi connectivity index (χ1v) is 37.3. The van der Waals surface area contributed by atoms with Crippen LogP contribution in [-0.2, 0) is 0 Å². The van der Waals surface area contributed by atoms with Gasteiger partial charge in [0.2, 0.25) is 0 Å². The van der Waals surface area contributed by atoms with Crippen LogP contribution >= 0.6 is 0 Å². The minimum atomic E-state index is 1.10. The summed E-state index contributed by atoms with van der Waals surface area (Å²) in [6, 6.07) is 38.1. The summed E-state index contributed by atoms with van der Waals surface area (Å²) in [4.78, 5) is 26.0. The number of aromatic nitrogens is 6. The van der Waals surface area contributed by atoms with Gasteiger partial charge in [0.05, 0.1) is 0 Å². The summed E-state index contributed by atoms with van der Waals surface area (Å²) in [5.41, 5.74) is 37.2. The molecule has 106 heavy (non-hydrogen) atoms. The summed E-state index contributed by atoms with van der Waals surface area (Å²) in [5.74, 6) is 5.36. The molecular weight excluding hydrogens is 1290 g/mol. The fourth-order valence-electron chi connectivity index (χ4n) is 9.70. The van der Waals surface area contributed by atoms with Crippen LogP contribution in [0.15, 0.2) is 170 Å². The molecule has 0 saturated heterocycles. The monoisotopic (exact) mass is 1430 g/mol. The molecule has 6 nitrogen and oxygen atoms in total. The molecule has 0 aliphatic heterocycles. The molecular formula is C100H140N6. The molecule has 9 rings (SSSR count). The molecule has 6 heteroatoms. The van der Waals surface area contributed by atoms with Crippen molar-refractivity contribution in [3.05, 3.63) is 338 Å². The van der Waals surface area contributed by atoms with Crippen molar-refractivity contribution >= 4 is 24.3 Å². The molecule has 0 bridgehead atoms. The quantitative estimate of drug-likeness (QED) is 0.0971. The third kappa shape index (κ3) is 46.2. The van der Waals surface area contributed by atoms with Gasteiger partial charge < -0.3 is 0 Å². The summed E-state index contributed by atoms with van der Waals surface area (Å²) in [6.45, 7) is 73.8. The highest BCUT2D eigenvalue weighted by molar-refractivity contribution is 5.55. The summed E-state index contributed by atoms with van der Waals surface area (Å²) in [6.07, 6.45) is 28.6. The van der Waals surface area contributed by atoms with Crippen molar-refractivity contribution in [2.45, 2.75) is 249 Å². The normalized spacial score (nSPS) is 10.1. The van der Waals surface area contributed by atoms with E-state index in [9.17, 15) is 0 Å². The van der Waals surface area contributed by atoms with E-state index in [1.807, 2.05) is 172 Å². The third-order valence-electron chi connectivity index (χ3n) is 17.0. The Kier molecular flexibility index (Phi) is 55.5. The van der Waals surface area contributed by atoms with Crippen LogP contribution in [0, 0.1) is 192 Å². The molecule has 0 radical (unpaired) electrons. The molecule has 0 amide bonds. The van der Waals surface area contributed by atoms with E-state index in [0.717, 1.165) is 68.3 Å². The lowest BCUT2D eigenvalue weighted by atomic mass is 10.0. The van der Waals surface area contributed by atoms with E-state index in [2.05, 4.69) is 314 Å². The molecule has 0 atom stereocenters. The predicted octanol–water partition coefficient (Wildman–Crippen LogP) is 28.5. The standard InChI is InChI=1S/C12H14.C10H15N.2C10H12.4C9H13N.C8H11N.C6H10.C4H8.C4H6/c1-3-5-11-7-9-12(6-4-2)10-8-11;1-6-7(2)9(4)11-10(5)8(6)3;2*1-3-4-10-7-5-9(2)6-8-10;4*1-6-5-7(2)10-9(4)8(6)3;1-6-4-7(2)9-8(3)5-6;1-3-5-6-4-2;2*1-3-4-2/h3-10H,1-2H3;1-5H3;2*3-8H,1-2H3;4*5H,1-4H3;4-5H,1-3H3;3-6H,1-2H3;3-4H,1-2H3;1-2H3/b5-3+,6-4+;;2*4-3+;;;;;;5-3+,6-4+;4-3+;. The van der Waals surface area contributed by atoms with Crippen LogP contribution in [0.25, 0.3) is 24.3 Å². The second-order valence-electron chi connectivity index (χ2n) is 26.5. The molecule has 3 aromatic carbocycles. The molecule has 0 N–H and O–H groups in total. The molecule has 6 aromatic heterocycles. The Bertz CT molecular complexity index is 3750. The molecule has 6 heterocycles. The number of rotatable bonds is 5. The summed E-state index contributed by atoms with van der Waals surface area (Å²) < 4.78 is 0. The second-order valence-corrected chi connectivity index (χ2v) is 26.5. The van der Waals surface area contributed by atoms with Gasteiger partial charge in [0.25, 0.3) is 0 Å². The number of hydrogen-bond acceptors (Lipinski definition) is 6. The van der Waals surface area contributed by atoms with Crippen molar-refractivity contribution in [3.8, 4) is 11.8 Å². The van der Waals surface area contributed by atoms with Crippen molar-refractivity contribution in [2.75, 3.05) is 0 Å². The van der Waals surface area contributed by atoms with Gasteiger partial charge in [-0.2, -0.15) is 0 Å². The van der Waals surface area contributed by atoms with Crippen molar-refractivity contribution in [3.63, 3.8) is 0 Å². The molecule has 0 fully saturated rings. The number of allylic oxidation sites excluding steroid dienone is 10. The maximum absolute atomic E-state index is 4.43. The van der Waals surface area contributed by atoms with Crippen molar-refractivity contribution in [2.24, 2.45) is 0 Å². The lowest BCUT2D eigenvalue weighted by Gasteiger charge is -2.09. The van der Waals surface area contributed by atoms with Gasteiger partial charge in [0.1, 0.15) is 0 Å². The van der Waals surface area contributed by atoms with Crippen LogP contribution in [0.3, 0.4) is 0 Å². The van der Waals surface area contributed by atoms with Gasteiger partial charge in [-0.15, -0.1) is 11.8 Å². The van der Waals surface area contributed by atoms with Crippen LogP contribution in [0.5, 0.6) is 0 Å². The Labute approximate surface area is 649 Å². The largest absolute Gasteiger partial charge is 0.258 e. The van der Waals surface area contributed by atoms with E-state index in [0.29, 0.717) is 0 Å². The van der Waals surface area contributed by atoms with Gasteiger partial charge in [-0.3, -0.25) is 29.9 Å². The Balaban J connectivity index is -0.00000110. The Morgan fingerprint density at radius 1 is 0.208 bits per heavy atom. The number of aryl methyl sites for hydroxylation is 19. The Morgan fingerprint density at radius 3 is 0.594 bits per heavy atom. The van der Waals surface area contributed by atoms with Crippen LogP contribution in [0.4, 0.5) is 0 Å². The van der Waals surface area contributed by atoms with Gasteiger partial charge in [0.15, 0.2) is 0 Å². The zero-order valence-electron chi connectivity index (χ0n) is 73.2. The van der Waals surface area contributed by atoms with E-state index >= 15 is 0 Å². The summed E-state index contributed by atoms with van der Waals surface area (Å²) in [5, 5.41) is 0. The van der Waals surface area contributed by atoms with Crippen molar-refractivity contribution in [1.29, 1.82) is 0 Å². The average Bonchev–Trinajstić information content (AvgIpc) is 0.834. The summed E-state index contributed by atoms with van der Waals surface area (Å²) in [7, 11) is 0. The maximum atomic E-state index is 4.43. The smallest absolute Gasteiger partial charge is 0.0407 e. The predicted molar refractivity (Wildman–Crippen MR) is 476 cm³/mol. The number of hydrogen-bond donors (Lipinski definition) is 0. The second kappa shape index (κ2) is 58.6. The van der Waals surface area contributed by atoms with Gasteiger partial charge in [0, 0.05) is 68.3 Å². The number of nitrogens with zero attached hydrogens (tertiary/aromatic N) is 6. The maximum Gasteiger partial charge on any atom is 0.0407 e. The van der Waals surface area contributed by atoms with E-state index in [-0.39, 0.29) is 0 Å². The van der Waals surface area contributed by atoms with Crippen molar-refractivity contribution < 1.29 is 0 Å². The minimum absolute atomic E-state index is 1.10. The van der Waals surface area contributed by atoms with E-state index < -0.39 is 0 Å². The zero-order chi connectivity index (χ0) is 81.6. The van der Waals surface area contributed by atoms with Gasteiger partial charge in [-0.05, 0) is 375 Å². The molecule has 0 saturated carbocycles. The SMILES string of the molecule is C/C=C/C.C/C=C/C=C/C.C/C=C/c1ccc(/C=C/C)cc1.C/C=C/c1ccc(C)cc1.C/C=C/c1ccc(C)cc1.CC#CC.Cc1cc(C)c(C)c(C)n1.Cc1cc(C)c(C)c(C)n1.Cc1cc(C)c(C)c(C)n1.Cc1cc(C)c(C)c(C)n1.Cc1cc(C)nc(C)c1.Cc1nc(C)c(C)c(C)c1C. The molecule has 570 valence electrons. The highest BCUT2D eigenvalue weighted by Crippen LogP contribution is 2.18. The lowest BCUT2D eigenvalue weighted by Crippen LogP contribution is -1.98. The highest BCUT2D eigenvalue weighted by Gasteiger charge is 2.05. The molecule has 0 aliphatic carbocycles. The van der Waals surface area contributed by atoms with E-state index in [1.165, 1.54) is 100 Å².